The van der Waals surface area contributed by atoms with Crippen molar-refractivity contribution in [2.24, 2.45) is 0 Å². The van der Waals surface area contributed by atoms with E-state index in [1.807, 2.05) is 42.6 Å². The smallest absolute Gasteiger partial charge is 0.154 e. The van der Waals surface area contributed by atoms with Gasteiger partial charge in [0.2, 0.25) is 0 Å². The van der Waals surface area contributed by atoms with Gasteiger partial charge in [-0.3, -0.25) is 4.98 Å². The maximum absolute atomic E-state index is 4.35. The fraction of sp³-hybridized carbons (Fsp3) is 0. The molecule has 0 fully saturated rings. The number of pyridine rings is 2. The molecule has 0 unspecified atom stereocenters. The standard InChI is InChI=1S/C13H9BrN4/c14-12-5-3-6-13(17-12)18-9-10(8-16-18)11-4-1-2-7-15-11/h1-9H. The van der Waals surface area contributed by atoms with E-state index < -0.39 is 0 Å². The second-order valence-electron chi connectivity index (χ2n) is 3.71. The molecule has 5 heteroatoms. The number of halogens is 1. The van der Waals surface area contributed by atoms with Gasteiger partial charge in [-0.2, -0.15) is 5.10 Å². The van der Waals surface area contributed by atoms with E-state index in [4.69, 9.17) is 0 Å². The monoisotopic (exact) mass is 300 g/mol. The highest BCUT2D eigenvalue weighted by molar-refractivity contribution is 9.10. The Morgan fingerprint density at radius 3 is 2.78 bits per heavy atom. The van der Waals surface area contributed by atoms with Crippen molar-refractivity contribution >= 4 is 15.9 Å². The fourth-order valence-corrected chi connectivity index (χ4v) is 1.97. The maximum atomic E-state index is 4.35. The van der Waals surface area contributed by atoms with Crippen LogP contribution in [0.25, 0.3) is 17.1 Å². The lowest BCUT2D eigenvalue weighted by Gasteiger charge is -1.99. The Kier molecular flexibility index (Phi) is 2.90. The number of aromatic nitrogens is 4. The van der Waals surface area contributed by atoms with Crippen LogP contribution in [0.5, 0.6) is 0 Å². The predicted octanol–water partition coefficient (Wildman–Crippen LogP) is 3.09. The van der Waals surface area contributed by atoms with E-state index >= 15 is 0 Å². The summed E-state index contributed by atoms with van der Waals surface area (Å²) in [5.74, 6) is 0.770. The first kappa shape index (κ1) is 11.1. The number of rotatable bonds is 2. The maximum Gasteiger partial charge on any atom is 0.154 e. The van der Waals surface area contributed by atoms with Crippen LogP contribution in [0.4, 0.5) is 0 Å². The van der Waals surface area contributed by atoms with Gasteiger partial charge in [-0.15, -0.1) is 0 Å². The van der Waals surface area contributed by atoms with Gasteiger partial charge in [0.15, 0.2) is 5.82 Å². The number of nitrogens with zero attached hydrogens (tertiary/aromatic N) is 4. The van der Waals surface area contributed by atoms with Gasteiger partial charge >= 0.3 is 0 Å². The van der Waals surface area contributed by atoms with Crippen LogP contribution in [-0.2, 0) is 0 Å². The lowest BCUT2D eigenvalue weighted by Crippen LogP contribution is -1.97. The lowest BCUT2D eigenvalue weighted by atomic mass is 10.2. The molecule has 4 nitrogen and oxygen atoms in total. The minimum Gasteiger partial charge on any atom is -0.256 e. The Morgan fingerprint density at radius 2 is 2.00 bits per heavy atom. The molecule has 18 heavy (non-hydrogen) atoms. The van der Waals surface area contributed by atoms with Gasteiger partial charge in [0, 0.05) is 18.0 Å². The van der Waals surface area contributed by atoms with Crippen molar-refractivity contribution in [3.63, 3.8) is 0 Å². The van der Waals surface area contributed by atoms with Gasteiger partial charge < -0.3 is 0 Å². The van der Waals surface area contributed by atoms with Gasteiger partial charge in [-0.05, 0) is 40.2 Å². The van der Waals surface area contributed by atoms with E-state index in [1.54, 1.807) is 17.1 Å². The average molecular weight is 301 g/mol. The molecule has 0 saturated carbocycles. The van der Waals surface area contributed by atoms with Crippen LogP contribution in [0.2, 0.25) is 0 Å². The highest BCUT2D eigenvalue weighted by atomic mass is 79.9. The summed E-state index contributed by atoms with van der Waals surface area (Å²) >= 11 is 3.35. The van der Waals surface area contributed by atoms with Crippen molar-refractivity contribution in [3.05, 3.63) is 59.6 Å². The van der Waals surface area contributed by atoms with Crippen molar-refractivity contribution in [2.75, 3.05) is 0 Å². The molecule has 0 N–H and O–H groups in total. The van der Waals surface area contributed by atoms with Crippen molar-refractivity contribution in [2.45, 2.75) is 0 Å². The van der Waals surface area contributed by atoms with Crippen LogP contribution in [0, 0.1) is 0 Å². The second-order valence-corrected chi connectivity index (χ2v) is 4.52. The number of hydrogen-bond acceptors (Lipinski definition) is 3. The van der Waals surface area contributed by atoms with Crippen LogP contribution >= 0.6 is 15.9 Å². The summed E-state index contributed by atoms with van der Waals surface area (Å²) in [6, 6.07) is 11.5. The summed E-state index contributed by atoms with van der Waals surface area (Å²) in [6.07, 6.45) is 5.46. The molecule has 0 aromatic carbocycles. The zero-order valence-electron chi connectivity index (χ0n) is 9.36. The molecule has 0 aliphatic rings. The molecule has 3 heterocycles. The van der Waals surface area contributed by atoms with Crippen LogP contribution in [-0.4, -0.2) is 19.7 Å². The summed E-state index contributed by atoms with van der Waals surface area (Å²) in [4.78, 5) is 8.64. The minimum atomic E-state index is 0.770. The van der Waals surface area contributed by atoms with Crippen molar-refractivity contribution in [1.29, 1.82) is 0 Å². The molecule has 0 saturated heterocycles. The topological polar surface area (TPSA) is 43.6 Å². The molecule has 0 amide bonds. The Labute approximate surface area is 112 Å². The third kappa shape index (κ3) is 2.17. The fourth-order valence-electron chi connectivity index (χ4n) is 1.64. The Morgan fingerprint density at radius 1 is 1.06 bits per heavy atom. The van der Waals surface area contributed by atoms with Crippen LogP contribution < -0.4 is 0 Å². The van der Waals surface area contributed by atoms with E-state index in [-0.39, 0.29) is 0 Å². The average Bonchev–Trinajstić information content (AvgIpc) is 2.89. The van der Waals surface area contributed by atoms with Crippen LogP contribution in [0.15, 0.2) is 59.6 Å². The predicted molar refractivity (Wildman–Crippen MR) is 72.3 cm³/mol. The van der Waals surface area contributed by atoms with E-state index in [0.29, 0.717) is 0 Å². The van der Waals surface area contributed by atoms with Gasteiger partial charge in [0.1, 0.15) is 4.60 Å². The van der Waals surface area contributed by atoms with Crippen molar-refractivity contribution in [3.8, 4) is 17.1 Å². The van der Waals surface area contributed by atoms with Crippen molar-refractivity contribution < 1.29 is 0 Å². The minimum absolute atomic E-state index is 0.770. The molecule has 3 aromatic heterocycles. The summed E-state index contributed by atoms with van der Waals surface area (Å²) in [7, 11) is 0. The normalized spacial score (nSPS) is 10.5. The molecule has 3 rings (SSSR count). The molecule has 0 aliphatic carbocycles. The molecule has 0 spiro atoms. The summed E-state index contributed by atoms with van der Waals surface area (Å²) in [5, 5.41) is 4.30. The van der Waals surface area contributed by atoms with E-state index in [1.165, 1.54) is 0 Å². The van der Waals surface area contributed by atoms with Crippen LogP contribution in [0.1, 0.15) is 0 Å². The summed E-state index contributed by atoms with van der Waals surface area (Å²) in [6.45, 7) is 0. The molecular weight excluding hydrogens is 292 g/mol. The summed E-state index contributed by atoms with van der Waals surface area (Å²) < 4.78 is 2.52. The first-order chi connectivity index (χ1) is 8.83. The molecule has 0 radical (unpaired) electrons. The molecule has 0 aliphatic heterocycles. The zero-order chi connectivity index (χ0) is 12.4. The van der Waals surface area contributed by atoms with Gasteiger partial charge in [0.05, 0.1) is 11.9 Å². The first-order valence-electron chi connectivity index (χ1n) is 5.42. The Hall–Kier alpha value is -2.01. The second kappa shape index (κ2) is 4.70. The molecular formula is C13H9BrN4. The van der Waals surface area contributed by atoms with Crippen molar-refractivity contribution in [1.82, 2.24) is 19.7 Å². The Bertz CT molecular complexity index is 664. The summed E-state index contributed by atoms with van der Waals surface area (Å²) in [5.41, 5.74) is 1.87. The van der Waals surface area contributed by atoms with Crippen LogP contribution in [0.3, 0.4) is 0 Å². The largest absolute Gasteiger partial charge is 0.256 e. The lowest BCUT2D eigenvalue weighted by molar-refractivity contribution is 0.843. The van der Waals surface area contributed by atoms with E-state index in [9.17, 15) is 0 Å². The third-order valence-corrected chi connectivity index (χ3v) is 2.92. The third-order valence-electron chi connectivity index (χ3n) is 2.48. The highest BCUT2D eigenvalue weighted by Crippen LogP contribution is 2.17. The zero-order valence-corrected chi connectivity index (χ0v) is 10.9. The van der Waals surface area contributed by atoms with E-state index in [2.05, 4.69) is 31.0 Å². The quantitative estimate of drug-likeness (QED) is 0.683. The molecule has 0 atom stereocenters. The van der Waals surface area contributed by atoms with Gasteiger partial charge in [-0.1, -0.05) is 12.1 Å². The molecule has 88 valence electrons. The Balaban J connectivity index is 2.00. The van der Waals surface area contributed by atoms with Gasteiger partial charge in [0.25, 0.3) is 0 Å². The van der Waals surface area contributed by atoms with Gasteiger partial charge in [-0.25, -0.2) is 9.67 Å². The highest BCUT2D eigenvalue weighted by Gasteiger charge is 2.04. The number of hydrogen-bond donors (Lipinski definition) is 0. The molecule has 3 aromatic rings. The SMILES string of the molecule is Brc1cccc(-n2cc(-c3ccccn3)cn2)n1. The van der Waals surface area contributed by atoms with E-state index in [0.717, 1.165) is 21.7 Å². The molecule has 0 bridgehead atoms. The first-order valence-corrected chi connectivity index (χ1v) is 6.21.